The van der Waals surface area contributed by atoms with Crippen LogP contribution < -0.4 is 10.1 Å². The molecule has 0 radical (unpaired) electrons. The molecule has 2 aliphatic rings. The Morgan fingerprint density at radius 3 is 2.56 bits per heavy atom. The third-order valence-corrected chi connectivity index (χ3v) is 5.65. The van der Waals surface area contributed by atoms with E-state index in [0.717, 1.165) is 24.2 Å². The smallest absolute Gasteiger partial charge is 0.315 e. The quantitative estimate of drug-likeness (QED) is 0.738. The van der Waals surface area contributed by atoms with E-state index in [1.54, 1.807) is 17.0 Å². The molecule has 3 heterocycles. The minimum absolute atomic E-state index is 0.148. The van der Waals surface area contributed by atoms with Crippen molar-refractivity contribution in [1.82, 2.24) is 9.88 Å². The van der Waals surface area contributed by atoms with Crippen molar-refractivity contribution in [1.29, 1.82) is 0 Å². The van der Waals surface area contributed by atoms with Gasteiger partial charge in [-0.2, -0.15) is 0 Å². The maximum absolute atomic E-state index is 12.5. The van der Waals surface area contributed by atoms with Crippen LogP contribution in [0.1, 0.15) is 18.4 Å². The van der Waals surface area contributed by atoms with E-state index in [0.29, 0.717) is 35.6 Å². The average molecular weight is 406 g/mol. The summed E-state index contributed by atoms with van der Waals surface area (Å²) >= 11 is 11.9. The number of piperidine rings is 1. The largest absolute Gasteiger partial charge is 0.492 e. The lowest BCUT2D eigenvalue weighted by molar-refractivity contribution is -0.144. The third kappa shape index (κ3) is 3.47. The molecule has 0 aliphatic carbocycles. The number of carbonyl (C=O) groups is 2. The summed E-state index contributed by atoms with van der Waals surface area (Å²) in [4.78, 5) is 30.3. The Balaban J connectivity index is 1.41. The Labute approximate surface area is 166 Å². The van der Waals surface area contributed by atoms with Gasteiger partial charge in [0.2, 0.25) is 0 Å². The molecule has 4 rings (SSSR count). The summed E-state index contributed by atoms with van der Waals surface area (Å²) in [6.07, 6.45) is 2.85. The van der Waals surface area contributed by atoms with Gasteiger partial charge in [-0.1, -0.05) is 23.2 Å². The van der Waals surface area contributed by atoms with E-state index in [1.807, 2.05) is 18.2 Å². The number of carbonyl (C=O) groups excluding carboxylic acids is 2. The van der Waals surface area contributed by atoms with Crippen molar-refractivity contribution in [3.63, 3.8) is 0 Å². The van der Waals surface area contributed by atoms with Crippen molar-refractivity contribution in [2.45, 2.75) is 18.3 Å². The van der Waals surface area contributed by atoms with Gasteiger partial charge < -0.3 is 15.0 Å². The number of aromatic nitrogens is 1. The lowest BCUT2D eigenvalue weighted by atomic mass is 9.74. The molecular weight excluding hydrogens is 389 g/mol. The van der Waals surface area contributed by atoms with E-state index in [1.165, 1.54) is 6.20 Å². The van der Waals surface area contributed by atoms with Crippen LogP contribution in [0.5, 0.6) is 5.75 Å². The highest BCUT2D eigenvalue weighted by Gasteiger charge is 2.44. The lowest BCUT2D eigenvalue weighted by Crippen LogP contribution is -2.49. The molecule has 1 spiro atoms. The molecule has 2 aromatic rings. The monoisotopic (exact) mass is 405 g/mol. The standard InChI is InChI=1S/C19H17Cl2N3O3/c20-12-1-3-15-14(9-12)19(11-27-15)5-7-24(8-6-19)18(26)17(25)23-16-4-2-13(21)10-22-16/h1-4,9-10H,5-8,11H2,(H,22,23,25). The molecular formula is C19H17Cl2N3O3. The van der Waals surface area contributed by atoms with Crippen LogP contribution in [0, 0.1) is 0 Å². The molecule has 1 aromatic heterocycles. The zero-order valence-electron chi connectivity index (χ0n) is 14.4. The minimum Gasteiger partial charge on any atom is -0.492 e. The first-order chi connectivity index (χ1) is 13.0. The SMILES string of the molecule is O=C(Nc1ccc(Cl)cn1)C(=O)N1CCC2(CC1)COc1ccc(Cl)cc12. The predicted octanol–water partition coefficient (Wildman–Crippen LogP) is 3.28. The number of benzene rings is 1. The summed E-state index contributed by atoms with van der Waals surface area (Å²) in [5.74, 6) is -0.122. The first kappa shape index (κ1) is 18.1. The van der Waals surface area contributed by atoms with E-state index in [9.17, 15) is 9.59 Å². The Hall–Kier alpha value is -2.31. The minimum atomic E-state index is -0.702. The lowest BCUT2D eigenvalue weighted by Gasteiger charge is -2.38. The van der Waals surface area contributed by atoms with Gasteiger partial charge in [-0.05, 0) is 43.2 Å². The fourth-order valence-electron chi connectivity index (χ4n) is 3.65. The zero-order valence-corrected chi connectivity index (χ0v) is 15.9. The van der Waals surface area contributed by atoms with E-state index < -0.39 is 11.8 Å². The van der Waals surface area contributed by atoms with Crippen LogP contribution in [0.4, 0.5) is 5.82 Å². The van der Waals surface area contributed by atoms with E-state index in [2.05, 4.69) is 10.3 Å². The van der Waals surface area contributed by atoms with Crippen molar-refractivity contribution in [2.24, 2.45) is 0 Å². The number of amides is 2. The summed E-state index contributed by atoms with van der Waals surface area (Å²) in [7, 11) is 0. The zero-order chi connectivity index (χ0) is 19.0. The van der Waals surface area contributed by atoms with E-state index in [4.69, 9.17) is 27.9 Å². The van der Waals surface area contributed by atoms with Crippen LogP contribution in [-0.4, -0.2) is 41.4 Å². The molecule has 1 N–H and O–H groups in total. The predicted molar refractivity (Wildman–Crippen MR) is 102 cm³/mol. The Morgan fingerprint density at radius 1 is 1.11 bits per heavy atom. The van der Waals surface area contributed by atoms with Gasteiger partial charge in [-0.3, -0.25) is 9.59 Å². The first-order valence-electron chi connectivity index (χ1n) is 8.61. The topological polar surface area (TPSA) is 71.5 Å². The van der Waals surface area contributed by atoms with E-state index in [-0.39, 0.29) is 5.41 Å². The van der Waals surface area contributed by atoms with Crippen LogP contribution in [0.2, 0.25) is 10.0 Å². The molecule has 2 amide bonds. The Morgan fingerprint density at radius 2 is 1.85 bits per heavy atom. The van der Waals surface area contributed by atoms with Gasteiger partial charge in [0.1, 0.15) is 11.6 Å². The van der Waals surface area contributed by atoms with Crippen LogP contribution in [0.15, 0.2) is 36.5 Å². The second-order valence-electron chi connectivity index (χ2n) is 6.82. The first-order valence-corrected chi connectivity index (χ1v) is 9.37. The fourth-order valence-corrected chi connectivity index (χ4v) is 3.93. The number of hydrogen-bond acceptors (Lipinski definition) is 4. The highest BCUT2D eigenvalue weighted by Crippen LogP contribution is 2.46. The molecule has 27 heavy (non-hydrogen) atoms. The summed E-state index contributed by atoms with van der Waals surface area (Å²) in [5, 5.41) is 3.64. The second kappa shape index (κ2) is 7.02. The van der Waals surface area contributed by atoms with Crippen LogP contribution in [-0.2, 0) is 15.0 Å². The molecule has 1 aromatic carbocycles. The maximum atomic E-state index is 12.5. The number of halogens is 2. The number of rotatable bonds is 1. The van der Waals surface area contributed by atoms with Crippen LogP contribution >= 0.6 is 23.2 Å². The molecule has 0 unspecified atom stereocenters. The van der Waals surface area contributed by atoms with Gasteiger partial charge in [-0.15, -0.1) is 0 Å². The molecule has 1 saturated heterocycles. The summed E-state index contributed by atoms with van der Waals surface area (Å²) in [5.41, 5.74) is 0.947. The molecule has 0 saturated carbocycles. The van der Waals surface area contributed by atoms with Gasteiger partial charge in [0.15, 0.2) is 0 Å². The second-order valence-corrected chi connectivity index (χ2v) is 7.69. The van der Waals surface area contributed by atoms with Gasteiger partial charge >= 0.3 is 11.8 Å². The molecule has 0 atom stereocenters. The molecule has 6 nitrogen and oxygen atoms in total. The summed E-state index contributed by atoms with van der Waals surface area (Å²) in [6.45, 7) is 1.54. The molecule has 140 valence electrons. The van der Waals surface area contributed by atoms with Gasteiger partial charge in [0, 0.05) is 35.3 Å². The number of anilines is 1. The van der Waals surface area contributed by atoms with Gasteiger partial charge in [0.05, 0.1) is 11.6 Å². The number of nitrogens with zero attached hydrogens (tertiary/aromatic N) is 2. The van der Waals surface area contributed by atoms with Gasteiger partial charge in [0.25, 0.3) is 0 Å². The molecule has 1 fully saturated rings. The number of fused-ring (bicyclic) bond motifs is 2. The van der Waals surface area contributed by atoms with Gasteiger partial charge in [-0.25, -0.2) is 4.98 Å². The van der Waals surface area contributed by atoms with Crippen molar-refractivity contribution in [2.75, 3.05) is 25.0 Å². The maximum Gasteiger partial charge on any atom is 0.315 e. The fraction of sp³-hybridized carbons (Fsp3) is 0.316. The number of ether oxygens (including phenoxy) is 1. The van der Waals surface area contributed by atoms with Crippen LogP contribution in [0.25, 0.3) is 0 Å². The van der Waals surface area contributed by atoms with Crippen molar-refractivity contribution < 1.29 is 14.3 Å². The highest BCUT2D eigenvalue weighted by molar-refractivity contribution is 6.39. The number of hydrogen-bond donors (Lipinski definition) is 1. The number of pyridine rings is 1. The highest BCUT2D eigenvalue weighted by atomic mass is 35.5. The Kier molecular flexibility index (Phi) is 4.70. The molecule has 8 heteroatoms. The van der Waals surface area contributed by atoms with Crippen LogP contribution in [0.3, 0.4) is 0 Å². The van der Waals surface area contributed by atoms with Crippen molar-refractivity contribution >= 4 is 40.8 Å². The normalized spacial score (nSPS) is 17.3. The third-order valence-electron chi connectivity index (χ3n) is 5.19. The average Bonchev–Trinajstić information content (AvgIpc) is 3.01. The molecule has 0 bridgehead atoms. The molecule has 2 aliphatic heterocycles. The Bertz CT molecular complexity index is 894. The summed E-state index contributed by atoms with van der Waals surface area (Å²) in [6, 6.07) is 8.79. The number of nitrogens with one attached hydrogen (secondary N) is 1. The van der Waals surface area contributed by atoms with Crippen molar-refractivity contribution in [3.8, 4) is 5.75 Å². The summed E-state index contributed by atoms with van der Waals surface area (Å²) < 4.78 is 5.82. The van der Waals surface area contributed by atoms with E-state index >= 15 is 0 Å². The number of likely N-dealkylation sites (tertiary alicyclic amines) is 1. The van der Waals surface area contributed by atoms with Crippen molar-refractivity contribution in [3.05, 3.63) is 52.1 Å².